The van der Waals surface area contributed by atoms with E-state index in [-0.39, 0.29) is 5.56 Å². The van der Waals surface area contributed by atoms with Gasteiger partial charge >= 0.3 is 0 Å². The standard InChI is InChI=1S/C18H19ClN4O/c19-12-7-9-13(10-8-12)21-22-16-6-3-11-23-17(16)20-15-5-2-1-4-14(15)18(23)24/h7-10,21H,1-6,11H2/b22-16-. The average molecular weight is 343 g/mol. The smallest absolute Gasteiger partial charge is 0.257 e. The maximum atomic E-state index is 12.7. The third-order valence-electron chi connectivity index (χ3n) is 4.66. The molecule has 124 valence electrons. The number of aryl methyl sites for hydroxylation is 1. The molecule has 1 aromatic carbocycles. The zero-order valence-corrected chi connectivity index (χ0v) is 14.1. The van der Waals surface area contributed by atoms with Crippen LogP contribution < -0.4 is 11.0 Å². The van der Waals surface area contributed by atoms with Crippen LogP contribution in [0.4, 0.5) is 5.69 Å². The van der Waals surface area contributed by atoms with Crippen LogP contribution in [-0.4, -0.2) is 15.3 Å². The molecule has 6 heteroatoms. The molecule has 1 aliphatic carbocycles. The molecule has 0 bridgehead atoms. The zero-order chi connectivity index (χ0) is 16.5. The fraction of sp³-hybridized carbons (Fsp3) is 0.389. The predicted octanol–water partition coefficient (Wildman–Crippen LogP) is 3.39. The molecule has 2 aromatic rings. The summed E-state index contributed by atoms with van der Waals surface area (Å²) in [6.07, 6.45) is 5.69. The van der Waals surface area contributed by atoms with Crippen molar-refractivity contribution in [3.05, 3.63) is 56.7 Å². The van der Waals surface area contributed by atoms with E-state index in [0.29, 0.717) is 5.02 Å². The molecule has 2 aliphatic rings. The molecule has 1 N–H and O–H groups in total. The van der Waals surface area contributed by atoms with Crippen LogP contribution in [-0.2, 0) is 19.4 Å². The van der Waals surface area contributed by atoms with Gasteiger partial charge in [0.1, 0.15) is 5.71 Å². The number of hydrogen-bond donors (Lipinski definition) is 1. The highest BCUT2D eigenvalue weighted by molar-refractivity contribution is 6.30. The average Bonchev–Trinajstić information content (AvgIpc) is 2.62. The van der Waals surface area contributed by atoms with Crippen LogP contribution in [0.25, 0.3) is 0 Å². The summed E-state index contributed by atoms with van der Waals surface area (Å²) >= 11 is 5.90. The second-order valence-electron chi connectivity index (χ2n) is 6.31. The number of nitrogens with one attached hydrogen (secondary N) is 1. The summed E-state index contributed by atoms with van der Waals surface area (Å²) in [7, 11) is 0. The minimum absolute atomic E-state index is 0.133. The zero-order valence-electron chi connectivity index (χ0n) is 13.4. The van der Waals surface area contributed by atoms with E-state index in [9.17, 15) is 4.79 Å². The molecule has 0 atom stereocenters. The Morgan fingerprint density at radius 2 is 1.88 bits per heavy atom. The van der Waals surface area contributed by atoms with Gasteiger partial charge in [0.2, 0.25) is 0 Å². The highest BCUT2D eigenvalue weighted by Crippen LogP contribution is 2.20. The molecule has 0 spiro atoms. The highest BCUT2D eigenvalue weighted by atomic mass is 35.5. The number of nitrogens with zero attached hydrogens (tertiary/aromatic N) is 3. The molecule has 1 aromatic heterocycles. The number of aromatic nitrogens is 2. The second-order valence-corrected chi connectivity index (χ2v) is 6.74. The Balaban J connectivity index is 1.70. The van der Waals surface area contributed by atoms with Crippen molar-refractivity contribution in [2.24, 2.45) is 5.10 Å². The van der Waals surface area contributed by atoms with Crippen molar-refractivity contribution in [1.29, 1.82) is 0 Å². The van der Waals surface area contributed by atoms with Gasteiger partial charge in [-0.05, 0) is 62.8 Å². The summed E-state index contributed by atoms with van der Waals surface area (Å²) in [5, 5.41) is 5.21. The van der Waals surface area contributed by atoms with Crippen molar-refractivity contribution in [3.63, 3.8) is 0 Å². The molecular formula is C18H19ClN4O. The van der Waals surface area contributed by atoms with Crippen molar-refractivity contribution in [2.75, 3.05) is 5.43 Å². The molecule has 0 unspecified atom stereocenters. The van der Waals surface area contributed by atoms with Gasteiger partial charge in [-0.25, -0.2) is 4.98 Å². The lowest BCUT2D eigenvalue weighted by atomic mass is 9.96. The van der Waals surface area contributed by atoms with Crippen molar-refractivity contribution in [3.8, 4) is 0 Å². The Labute approximate surface area is 145 Å². The van der Waals surface area contributed by atoms with Gasteiger partial charge in [-0.1, -0.05) is 11.6 Å². The Morgan fingerprint density at radius 1 is 1.08 bits per heavy atom. The SMILES string of the molecule is O=c1c2c(nc3n1CCC/C3=N/Nc1ccc(Cl)cc1)CCCC2. The maximum absolute atomic E-state index is 12.7. The number of rotatable bonds is 2. The van der Waals surface area contributed by atoms with Gasteiger partial charge in [-0.2, -0.15) is 5.10 Å². The van der Waals surface area contributed by atoms with E-state index in [2.05, 4.69) is 10.5 Å². The quantitative estimate of drug-likeness (QED) is 0.851. The van der Waals surface area contributed by atoms with Crippen molar-refractivity contribution in [2.45, 2.75) is 45.1 Å². The number of benzene rings is 1. The van der Waals surface area contributed by atoms with Crippen LogP contribution in [0.15, 0.2) is 34.2 Å². The highest BCUT2D eigenvalue weighted by Gasteiger charge is 2.24. The number of hydrazone groups is 1. The van der Waals surface area contributed by atoms with E-state index >= 15 is 0 Å². The molecule has 0 radical (unpaired) electrons. The fourth-order valence-electron chi connectivity index (χ4n) is 3.40. The summed E-state index contributed by atoms with van der Waals surface area (Å²) < 4.78 is 1.80. The van der Waals surface area contributed by atoms with Gasteiger partial charge in [0.25, 0.3) is 5.56 Å². The third kappa shape index (κ3) is 2.84. The van der Waals surface area contributed by atoms with Crippen molar-refractivity contribution < 1.29 is 0 Å². The van der Waals surface area contributed by atoms with Crippen LogP contribution in [0.1, 0.15) is 42.8 Å². The van der Waals surface area contributed by atoms with Crippen molar-refractivity contribution in [1.82, 2.24) is 9.55 Å². The second kappa shape index (κ2) is 6.40. The van der Waals surface area contributed by atoms with E-state index in [4.69, 9.17) is 16.6 Å². The molecule has 0 fully saturated rings. The van der Waals surface area contributed by atoms with E-state index in [1.165, 1.54) is 0 Å². The molecule has 1 aliphatic heterocycles. The Bertz CT molecular complexity index is 855. The lowest BCUT2D eigenvalue weighted by Gasteiger charge is -2.23. The summed E-state index contributed by atoms with van der Waals surface area (Å²) in [5.41, 5.74) is 6.79. The first-order valence-corrected chi connectivity index (χ1v) is 8.81. The van der Waals surface area contributed by atoms with Gasteiger partial charge in [0.15, 0.2) is 5.82 Å². The first kappa shape index (κ1) is 15.4. The van der Waals surface area contributed by atoms with E-state index in [1.807, 2.05) is 24.3 Å². The minimum Gasteiger partial charge on any atom is -0.291 e. The van der Waals surface area contributed by atoms with E-state index in [1.54, 1.807) is 4.57 Å². The molecule has 2 heterocycles. The molecule has 0 amide bonds. The topological polar surface area (TPSA) is 59.3 Å². The van der Waals surface area contributed by atoms with Crippen LogP contribution in [0.3, 0.4) is 0 Å². The van der Waals surface area contributed by atoms with Gasteiger partial charge in [-0.3, -0.25) is 14.8 Å². The number of fused-ring (bicyclic) bond motifs is 2. The minimum atomic E-state index is 0.133. The number of anilines is 1. The monoisotopic (exact) mass is 342 g/mol. The Kier molecular flexibility index (Phi) is 4.10. The molecule has 4 rings (SSSR count). The van der Waals surface area contributed by atoms with Gasteiger partial charge in [0.05, 0.1) is 11.4 Å². The molecule has 0 saturated heterocycles. The van der Waals surface area contributed by atoms with E-state index < -0.39 is 0 Å². The van der Waals surface area contributed by atoms with Gasteiger partial charge in [-0.15, -0.1) is 0 Å². The van der Waals surface area contributed by atoms with Crippen LogP contribution in [0.2, 0.25) is 5.02 Å². The molecule has 24 heavy (non-hydrogen) atoms. The lowest BCUT2D eigenvalue weighted by Crippen LogP contribution is -2.36. The van der Waals surface area contributed by atoms with Crippen LogP contribution in [0.5, 0.6) is 0 Å². The van der Waals surface area contributed by atoms with Gasteiger partial charge in [0, 0.05) is 17.1 Å². The van der Waals surface area contributed by atoms with E-state index in [0.717, 1.165) is 73.6 Å². The van der Waals surface area contributed by atoms with Gasteiger partial charge < -0.3 is 0 Å². The largest absolute Gasteiger partial charge is 0.291 e. The molecule has 0 saturated carbocycles. The summed E-state index contributed by atoms with van der Waals surface area (Å²) in [5.74, 6) is 0.730. The Hall–Kier alpha value is -2.14. The molecular weight excluding hydrogens is 324 g/mol. The number of hydrogen-bond acceptors (Lipinski definition) is 4. The fourth-order valence-corrected chi connectivity index (χ4v) is 3.52. The third-order valence-corrected chi connectivity index (χ3v) is 4.91. The number of halogens is 1. The summed E-state index contributed by atoms with van der Waals surface area (Å²) in [4.78, 5) is 17.5. The van der Waals surface area contributed by atoms with Crippen molar-refractivity contribution >= 4 is 23.0 Å². The first-order chi connectivity index (χ1) is 11.7. The Morgan fingerprint density at radius 3 is 2.71 bits per heavy atom. The van der Waals surface area contributed by atoms with Crippen LogP contribution in [0, 0.1) is 0 Å². The summed E-state index contributed by atoms with van der Waals surface area (Å²) in [6.45, 7) is 0.731. The predicted molar refractivity (Wildman–Crippen MR) is 96.0 cm³/mol. The normalized spacial score (nSPS) is 18.1. The molecule has 5 nitrogen and oxygen atoms in total. The van der Waals surface area contributed by atoms with Crippen LogP contribution >= 0.6 is 11.6 Å². The summed E-state index contributed by atoms with van der Waals surface area (Å²) in [6, 6.07) is 7.39. The maximum Gasteiger partial charge on any atom is 0.257 e. The first-order valence-electron chi connectivity index (χ1n) is 8.43. The lowest BCUT2D eigenvalue weighted by molar-refractivity contribution is 0.559.